The van der Waals surface area contributed by atoms with E-state index in [1.54, 1.807) is 0 Å². The smallest absolute Gasteiger partial charge is 0.324 e. The van der Waals surface area contributed by atoms with Gasteiger partial charge >= 0.3 is 5.97 Å². The number of allylic oxidation sites excluding steroid dienone is 6. The number of unbranched alkanes of at least 4 members (excludes halogenated alkanes) is 5. The lowest BCUT2D eigenvalue weighted by Gasteiger charge is -1.96. The lowest BCUT2D eigenvalue weighted by Crippen LogP contribution is -2.08. The van der Waals surface area contributed by atoms with Crippen molar-refractivity contribution in [2.75, 3.05) is 0 Å². The van der Waals surface area contributed by atoms with E-state index >= 15 is 0 Å². The van der Waals surface area contributed by atoms with E-state index in [0.29, 0.717) is 6.42 Å². The Morgan fingerprint density at radius 3 is 1.90 bits per heavy atom. The molecule has 0 saturated heterocycles. The third kappa shape index (κ3) is 16.6. The first-order chi connectivity index (χ1) is 10.3. The van der Waals surface area contributed by atoms with Crippen LogP contribution in [0.4, 0.5) is 0 Å². The second-order valence-corrected chi connectivity index (χ2v) is 5.12. The minimum absolute atomic E-state index is 0.329. The van der Waals surface area contributed by atoms with Crippen LogP contribution in [0.1, 0.15) is 71.1 Å². The van der Waals surface area contributed by atoms with Crippen molar-refractivity contribution in [3.05, 3.63) is 36.5 Å². The fourth-order valence-corrected chi connectivity index (χ4v) is 1.88. The molecular weight excluding hydrogens is 262 g/mol. The molecule has 0 rings (SSSR count). The highest BCUT2D eigenvalue weighted by molar-refractivity contribution is 5.68. The van der Waals surface area contributed by atoms with Crippen LogP contribution in [0.25, 0.3) is 0 Å². The van der Waals surface area contributed by atoms with E-state index in [4.69, 9.17) is 5.90 Å². The molecule has 0 fully saturated rings. The molecule has 0 unspecified atom stereocenters. The average molecular weight is 293 g/mol. The molecule has 0 aromatic heterocycles. The van der Waals surface area contributed by atoms with Gasteiger partial charge in [-0.1, -0.05) is 56.2 Å². The molecule has 0 spiro atoms. The van der Waals surface area contributed by atoms with Crippen LogP contribution < -0.4 is 5.90 Å². The zero-order chi connectivity index (χ0) is 15.6. The minimum Gasteiger partial charge on any atom is -0.373 e. The van der Waals surface area contributed by atoms with Crippen molar-refractivity contribution < 1.29 is 9.63 Å². The maximum Gasteiger partial charge on any atom is 0.324 e. The molecule has 0 bridgehead atoms. The molecule has 21 heavy (non-hydrogen) atoms. The summed E-state index contributed by atoms with van der Waals surface area (Å²) in [6, 6.07) is 0. The molecule has 0 radical (unpaired) electrons. The van der Waals surface area contributed by atoms with Crippen molar-refractivity contribution in [2.45, 2.75) is 71.1 Å². The predicted molar refractivity (Wildman–Crippen MR) is 89.5 cm³/mol. The van der Waals surface area contributed by atoms with Gasteiger partial charge in [0.25, 0.3) is 0 Å². The molecular formula is C18H31NO2. The lowest BCUT2D eigenvalue weighted by molar-refractivity contribution is -0.144. The molecule has 2 N–H and O–H groups in total. The SMILES string of the molecule is CCCCC/C=C\C/C=C\C/C=C\CCCCC(=O)ON. The van der Waals surface area contributed by atoms with Gasteiger partial charge in [-0.05, 0) is 44.9 Å². The second-order valence-electron chi connectivity index (χ2n) is 5.12. The average Bonchev–Trinajstić information content (AvgIpc) is 2.50. The molecule has 0 aliphatic rings. The second kappa shape index (κ2) is 16.7. The van der Waals surface area contributed by atoms with E-state index in [2.05, 4.69) is 48.2 Å². The van der Waals surface area contributed by atoms with Gasteiger partial charge < -0.3 is 4.84 Å². The first-order valence-electron chi connectivity index (χ1n) is 8.15. The zero-order valence-corrected chi connectivity index (χ0v) is 13.4. The van der Waals surface area contributed by atoms with Crippen molar-refractivity contribution in [1.29, 1.82) is 0 Å². The molecule has 120 valence electrons. The Labute approximate surface area is 129 Å². The zero-order valence-electron chi connectivity index (χ0n) is 13.4. The van der Waals surface area contributed by atoms with Crippen molar-refractivity contribution in [1.82, 2.24) is 0 Å². The van der Waals surface area contributed by atoms with Gasteiger partial charge in [0.2, 0.25) is 0 Å². The summed E-state index contributed by atoms with van der Waals surface area (Å²) in [5.74, 6) is 4.43. The summed E-state index contributed by atoms with van der Waals surface area (Å²) in [5.41, 5.74) is 0. The van der Waals surface area contributed by atoms with Gasteiger partial charge in [-0.15, -0.1) is 0 Å². The monoisotopic (exact) mass is 293 g/mol. The van der Waals surface area contributed by atoms with Gasteiger partial charge in [0, 0.05) is 6.42 Å². The minimum atomic E-state index is -0.329. The summed E-state index contributed by atoms with van der Waals surface area (Å²) >= 11 is 0. The molecule has 0 atom stereocenters. The van der Waals surface area contributed by atoms with Crippen LogP contribution >= 0.6 is 0 Å². The molecule has 3 heteroatoms. The van der Waals surface area contributed by atoms with E-state index in [-0.39, 0.29) is 5.97 Å². The maximum absolute atomic E-state index is 10.8. The fraction of sp³-hybridized carbons (Fsp3) is 0.611. The van der Waals surface area contributed by atoms with Crippen molar-refractivity contribution in [3.63, 3.8) is 0 Å². The number of hydrogen-bond acceptors (Lipinski definition) is 3. The topological polar surface area (TPSA) is 52.3 Å². The van der Waals surface area contributed by atoms with Crippen LogP contribution in [0.5, 0.6) is 0 Å². The quantitative estimate of drug-likeness (QED) is 0.295. The molecule has 0 aliphatic carbocycles. The van der Waals surface area contributed by atoms with Crippen LogP contribution in [0.3, 0.4) is 0 Å². The van der Waals surface area contributed by atoms with E-state index < -0.39 is 0 Å². The standard InChI is InChI=1S/C18H31NO2/c1-2-3-4-5-6-7-8-9-10-11-12-13-14-15-16-17-18(20)21-19/h6-7,9-10,12-13H,2-5,8,11,14-17,19H2,1H3/b7-6-,10-9-,13-12-. The maximum atomic E-state index is 10.8. The van der Waals surface area contributed by atoms with E-state index in [1.165, 1.54) is 25.7 Å². The molecule has 0 heterocycles. The largest absolute Gasteiger partial charge is 0.373 e. The van der Waals surface area contributed by atoms with E-state index in [9.17, 15) is 4.79 Å². The normalized spacial score (nSPS) is 11.9. The number of carbonyl (C=O) groups is 1. The van der Waals surface area contributed by atoms with Crippen LogP contribution in [0.15, 0.2) is 36.5 Å². The number of carbonyl (C=O) groups excluding carboxylic acids is 1. The van der Waals surface area contributed by atoms with Crippen molar-refractivity contribution in [2.24, 2.45) is 5.90 Å². The third-order valence-electron chi connectivity index (χ3n) is 3.15. The summed E-state index contributed by atoms with van der Waals surface area (Å²) in [6.45, 7) is 2.23. The van der Waals surface area contributed by atoms with Crippen molar-refractivity contribution >= 4 is 5.97 Å². The van der Waals surface area contributed by atoms with Crippen LogP contribution in [-0.4, -0.2) is 5.97 Å². The third-order valence-corrected chi connectivity index (χ3v) is 3.15. The Kier molecular flexibility index (Phi) is 15.6. The Morgan fingerprint density at radius 2 is 1.38 bits per heavy atom. The van der Waals surface area contributed by atoms with Gasteiger partial charge in [0.1, 0.15) is 0 Å². The van der Waals surface area contributed by atoms with Crippen LogP contribution in [0, 0.1) is 0 Å². The van der Waals surface area contributed by atoms with Gasteiger partial charge in [0.15, 0.2) is 0 Å². The highest BCUT2D eigenvalue weighted by Gasteiger charge is 1.98. The Balaban J connectivity index is 3.34. The number of rotatable bonds is 13. The molecule has 0 saturated carbocycles. The van der Waals surface area contributed by atoms with Gasteiger partial charge in [0.05, 0.1) is 0 Å². The summed E-state index contributed by atoms with van der Waals surface area (Å²) < 4.78 is 0. The molecule has 0 aromatic rings. The number of nitrogens with two attached hydrogens (primary N) is 1. The fourth-order valence-electron chi connectivity index (χ4n) is 1.88. The van der Waals surface area contributed by atoms with Gasteiger partial charge in [-0.25, -0.2) is 0 Å². The summed E-state index contributed by atoms with van der Waals surface area (Å²) in [7, 11) is 0. The van der Waals surface area contributed by atoms with Crippen LogP contribution in [-0.2, 0) is 9.63 Å². The summed E-state index contributed by atoms with van der Waals surface area (Å²) in [5, 5.41) is 0. The Morgan fingerprint density at radius 1 is 0.857 bits per heavy atom. The van der Waals surface area contributed by atoms with Crippen LogP contribution in [0.2, 0.25) is 0 Å². The summed E-state index contributed by atoms with van der Waals surface area (Å²) in [4.78, 5) is 14.9. The molecule has 0 aromatic carbocycles. The van der Waals surface area contributed by atoms with Crippen molar-refractivity contribution in [3.8, 4) is 0 Å². The predicted octanol–water partition coefficient (Wildman–Crippen LogP) is 4.99. The van der Waals surface area contributed by atoms with Gasteiger partial charge in [-0.3, -0.25) is 4.79 Å². The highest BCUT2D eigenvalue weighted by atomic mass is 16.7. The summed E-state index contributed by atoms with van der Waals surface area (Å²) in [6.07, 6.45) is 23.6. The Bertz CT molecular complexity index is 319. The van der Waals surface area contributed by atoms with Gasteiger partial charge in [-0.2, -0.15) is 5.90 Å². The first kappa shape index (κ1) is 19.7. The first-order valence-corrected chi connectivity index (χ1v) is 8.15. The highest BCUT2D eigenvalue weighted by Crippen LogP contribution is 2.03. The lowest BCUT2D eigenvalue weighted by atomic mass is 10.2. The van der Waals surface area contributed by atoms with E-state index in [1.807, 2.05) is 0 Å². The Hall–Kier alpha value is -1.35. The molecule has 0 amide bonds. The molecule has 0 aliphatic heterocycles. The van der Waals surface area contributed by atoms with E-state index in [0.717, 1.165) is 32.1 Å². The molecule has 3 nitrogen and oxygen atoms in total. The number of hydrogen-bond donors (Lipinski definition) is 1.